The van der Waals surface area contributed by atoms with E-state index in [2.05, 4.69) is 20.8 Å². The number of rotatable bonds is 0. The standard InChI is InChI=1S/C10H18O2/c1-5-4-8-6(2)9(11)7(3)10(5)12-8/h5-11H,4H2,1-3H3/t5?,6?,7-,8+,9?,10-/m0/s1. The van der Waals surface area contributed by atoms with Gasteiger partial charge in [-0.3, -0.25) is 0 Å². The van der Waals surface area contributed by atoms with Crippen LogP contribution in [0.1, 0.15) is 27.2 Å². The maximum absolute atomic E-state index is 9.86. The molecule has 2 bridgehead atoms. The molecule has 0 radical (unpaired) electrons. The van der Waals surface area contributed by atoms with Crippen molar-refractivity contribution < 1.29 is 9.84 Å². The predicted molar refractivity (Wildman–Crippen MR) is 46.8 cm³/mol. The first-order valence-electron chi connectivity index (χ1n) is 4.94. The van der Waals surface area contributed by atoms with Crippen LogP contribution in [0.5, 0.6) is 0 Å². The molecule has 0 aromatic rings. The second kappa shape index (κ2) is 2.71. The average Bonchev–Trinajstić information content (AvgIpc) is 2.39. The van der Waals surface area contributed by atoms with Gasteiger partial charge < -0.3 is 9.84 Å². The van der Waals surface area contributed by atoms with Gasteiger partial charge in [0.25, 0.3) is 0 Å². The van der Waals surface area contributed by atoms with Crippen molar-refractivity contribution in [1.29, 1.82) is 0 Å². The molecule has 0 spiro atoms. The molecule has 12 heavy (non-hydrogen) atoms. The summed E-state index contributed by atoms with van der Waals surface area (Å²) in [5.74, 6) is 1.26. The first kappa shape index (κ1) is 8.52. The topological polar surface area (TPSA) is 29.5 Å². The lowest BCUT2D eigenvalue weighted by Gasteiger charge is -2.37. The maximum Gasteiger partial charge on any atom is 0.0655 e. The summed E-state index contributed by atoms with van der Waals surface area (Å²) < 4.78 is 5.84. The summed E-state index contributed by atoms with van der Waals surface area (Å²) in [6.45, 7) is 6.43. The summed E-state index contributed by atoms with van der Waals surface area (Å²) in [7, 11) is 0. The molecule has 1 N–H and O–H groups in total. The fourth-order valence-electron chi connectivity index (χ4n) is 2.77. The summed E-state index contributed by atoms with van der Waals surface area (Å²) in [5.41, 5.74) is 0. The van der Waals surface area contributed by atoms with Crippen LogP contribution in [0.15, 0.2) is 0 Å². The molecule has 2 saturated heterocycles. The minimum atomic E-state index is -0.154. The average molecular weight is 170 g/mol. The van der Waals surface area contributed by atoms with Crippen LogP contribution in [-0.4, -0.2) is 23.4 Å². The summed E-state index contributed by atoms with van der Waals surface area (Å²) >= 11 is 0. The third kappa shape index (κ3) is 1.01. The lowest BCUT2D eigenvalue weighted by molar-refractivity contribution is -0.131. The Balaban J connectivity index is 2.20. The van der Waals surface area contributed by atoms with E-state index in [0.29, 0.717) is 30.0 Å². The van der Waals surface area contributed by atoms with Crippen LogP contribution >= 0.6 is 0 Å². The molecule has 3 unspecified atom stereocenters. The monoisotopic (exact) mass is 170 g/mol. The Labute approximate surface area is 73.9 Å². The molecule has 2 rings (SSSR count). The van der Waals surface area contributed by atoms with Crippen LogP contribution < -0.4 is 0 Å². The van der Waals surface area contributed by atoms with E-state index >= 15 is 0 Å². The van der Waals surface area contributed by atoms with Gasteiger partial charge >= 0.3 is 0 Å². The molecule has 0 aromatic carbocycles. The fraction of sp³-hybridized carbons (Fsp3) is 1.00. The van der Waals surface area contributed by atoms with Crippen LogP contribution in [0.3, 0.4) is 0 Å². The minimum absolute atomic E-state index is 0.154. The second-order valence-electron chi connectivity index (χ2n) is 4.56. The van der Waals surface area contributed by atoms with Crippen molar-refractivity contribution in [2.45, 2.75) is 45.5 Å². The smallest absolute Gasteiger partial charge is 0.0655 e. The molecule has 0 aromatic heterocycles. The second-order valence-corrected chi connectivity index (χ2v) is 4.56. The van der Waals surface area contributed by atoms with Gasteiger partial charge in [0.2, 0.25) is 0 Å². The Morgan fingerprint density at radius 1 is 1.17 bits per heavy atom. The van der Waals surface area contributed by atoms with E-state index in [4.69, 9.17) is 4.74 Å². The summed E-state index contributed by atoms with van der Waals surface area (Å²) in [6, 6.07) is 0. The van der Waals surface area contributed by atoms with Gasteiger partial charge in [-0.15, -0.1) is 0 Å². The highest BCUT2D eigenvalue weighted by atomic mass is 16.5. The van der Waals surface area contributed by atoms with Gasteiger partial charge in [-0.25, -0.2) is 0 Å². The van der Waals surface area contributed by atoms with E-state index in [1.807, 2.05) is 0 Å². The van der Waals surface area contributed by atoms with E-state index in [1.54, 1.807) is 0 Å². The van der Waals surface area contributed by atoms with Crippen LogP contribution in [0, 0.1) is 17.8 Å². The molecule has 6 atom stereocenters. The quantitative estimate of drug-likeness (QED) is 0.596. The molecule has 0 saturated carbocycles. The predicted octanol–water partition coefficient (Wildman–Crippen LogP) is 1.43. The highest BCUT2D eigenvalue weighted by molar-refractivity contribution is 4.96. The first-order valence-corrected chi connectivity index (χ1v) is 4.94. The highest BCUT2D eigenvalue weighted by Crippen LogP contribution is 2.42. The van der Waals surface area contributed by atoms with Crippen LogP contribution in [-0.2, 0) is 4.74 Å². The Hall–Kier alpha value is -0.0800. The number of aliphatic hydroxyl groups excluding tert-OH is 1. The molecule has 70 valence electrons. The fourth-order valence-corrected chi connectivity index (χ4v) is 2.77. The zero-order chi connectivity index (χ0) is 8.88. The van der Waals surface area contributed by atoms with E-state index in [1.165, 1.54) is 0 Å². The molecule has 2 fully saturated rings. The van der Waals surface area contributed by atoms with Gasteiger partial charge in [0.05, 0.1) is 18.3 Å². The Morgan fingerprint density at radius 3 is 2.50 bits per heavy atom. The number of hydrogen-bond donors (Lipinski definition) is 1. The zero-order valence-corrected chi connectivity index (χ0v) is 8.03. The molecular weight excluding hydrogens is 152 g/mol. The number of hydrogen-bond acceptors (Lipinski definition) is 2. The Bertz CT molecular complexity index is 176. The Kier molecular flexibility index (Phi) is 1.92. The third-order valence-electron chi connectivity index (χ3n) is 3.68. The normalized spacial score (nSPS) is 59.0. The first-order chi connectivity index (χ1) is 5.61. The number of aliphatic hydroxyl groups is 1. The molecule has 2 aliphatic heterocycles. The lowest BCUT2D eigenvalue weighted by atomic mass is 9.86. The van der Waals surface area contributed by atoms with Crippen molar-refractivity contribution in [3.8, 4) is 0 Å². The van der Waals surface area contributed by atoms with Crippen molar-refractivity contribution in [3.63, 3.8) is 0 Å². The molecule has 2 aliphatic rings. The maximum atomic E-state index is 9.86. The third-order valence-corrected chi connectivity index (χ3v) is 3.68. The SMILES string of the molecule is CC1C(O)[C@H](C)[C@H]2O[C@@H]1CC2C. The minimum Gasteiger partial charge on any atom is -0.392 e. The molecule has 0 aliphatic carbocycles. The van der Waals surface area contributed by atoms with E-state index < -0.39 is 0 Å². The number of fused-ring (bicyclic) bond motifs is 2. The molecule has 2 heteroatoms. The van der Waals surface area contributed by atoms with Gasteiger partial charge in [-0.05, 0) is 12.3 Å². The summed E-state index contributed by atoms with van der Waals surface area (Å²) in [5, 5.41) is 9.86. The van der Waals surface area contributed by atoms with Crippen LogP contribution in [0.4, 0.5) is 0 Å². The summed E-state index contributed by atoms with van der Waals surface area (Å²) in [6.07, 6.45) is 1.60. The van der Waals surface area contributed by atoms with Crippen molar-refractivity contribution in [1.82, 2.24) is 0 Å². The Morgan fingerprint density at radius 2 is 1.83 bits per heavy atom. The summed E-state index contributed by atoms with van der Waals surface area (Å²) in [4.78, 5) is 0. The highest BCUT2D eigenvalue weighted by Gasteiger charge is 2.48. The van der Waals surface area contributed by atoms with Crippen molar-refractivity contribution in [3.05, 3.63) is 0 Å². The van der Waals surface area contributed by atoms with Gasteiger partial charge in [0.15, 0.2) is 0 Å². The van der Waals surface area contributed by atoms with Crippen LogP contribution in [0.25, 0.3) is 0 Å². The van der Waals surface area contributed by atoms with E-state index in [9.17, 15) is 5.11 Å². The molecule has 0 amide bonds. The molecule has 2 heterocycles. The van der Waals surface area contributed by atoms with E-state index in [0.717, 1.165) is 6.42 Å². The van der Waals surface area contributed by atoms with Gasteiger partial charge in [0.1, 0.15) is 0 Å². The largest absolute Gasteiger partial charge is 0.392 e. The van der Waals surface area contributed by atoms with Crippen molar-refractivity contribution in [2.75, 3.05) is 0 Å². The van der Waals surface area contributed by atoms with Crippen molar-refractivity contribution in [2.24, 2.45) is 17.8 Å². The van der Waals surface area contributed by atoms with E-state index in [-0.39, 0.29) is 6.10 Å². The number of ether oxygens (including phenoxy) is 1. The lowest BCUT2D eigenvalue weighted by Crippen LogP contribution is -2.44. The van der Waals surface area contributed by atoms with Gasteiger partial charge in [-0.2, -0.15) is 0 Å². The molecule has 2 nitrogen and oxygen atoms in total. The van der Waals surface area contributed by atoms with Gasteiger partial charge in [-0.1, -0.05) is 20.8 Å². The zero-order valence-electron chi connectivity index (χ0n) is 8.03. The van der Waals surface area contributed by atoms with Crippen LogP contribution in [0.2, 0.25) is 0 Å². The molecular formula is C10H18O2. The van der Waals surface area contributed by atoms with Gasteiger partial charge in [0, 0.05) is 11.8 Å². The van der Waals surface area contributed by atoms with Crippen molar-refractivity contribution >= 4 is 0 Å².